The van der Waals surface area contributed by atoms with Crippen molar-refractivity contribution < 1.29 is 42.7 Å². The minimum Gasteiger partial charge on any atom is -0.462 e. The number of hydrogen-bond donors (Lipinski definition) is 3. The summed E-state index contributed by atoms with van der Waals surface area (Å²) in [5.41, 5.74) is 5.34. The Morgan fingerprint density at radius 2 is 1.19 bits per heavy atom. The molecule has 0 fully saturated rings. The molecular weight excluding hydrogens is 753 g/mol. The van der Waals surface area contributed by atoms with Crippen molar-refractivity contribution in [3.63, 3.8) is 0 Å². The van der Waals surface area contributed by atoms with E-state index in [9.17, 15) is 24.2 Å². The van der Waals surface area contributed by atoms with Crippen molar-refractivity contribution >= 4 is 19.8 Å². The standard InChI is InChI=1S/C47H78NO9P/c1-3-5-7-9-11-12-13-14-15-16-17-18-19-23-26-30-34-38-46(50)54-42-45(43-56-58(52,53)55-41-40-48)57-47(51)39-35-31-27-24-21-20-22-25-29-33-37-44(49)36-32-28-10-8-6-4-2/h6,8,11-12,14-15,20-21,25,27-29,31-33,37,44-45,49H,3-5,7,9-10,13,16-19,22-24,26,30,34-36,38-43,48H2,1-2H3,(H,52,53)/b8-6-,12-11-,15-14-,21-20-,29-25-,31-27-,32-28-,37-33+/t44?,45-/m1/s1. The molecule has 0 aromatic rings. The minimum atomic E-state index is -4.42. The summed E-state index contributed by atoms with van der Waals surface area (Å²) in [7, 11) is -4.42. The second-order valence-corrected chi connectivity index (χ2v) is 15.5. The number of phosphoric acid groups is 1. The van der Waals surface area contributed by atoms with Crippen LogP contribution in [0.4, 0.5) is 0 Å². The van der Waals surface area contributed by atoms with Crippen molar-refractivity contribution in [2.24, 2.45) is 5.73 Å². The second-order valence-electron chi connectivity index (χ2n) is 14.0. The van der Waals surface area contributed by atoms with Gasteiger partial charge in [-0.2, -0.15) is 0 Å². The first-order valence-corrected chi connectivity index (χ1v) is 23.3. The Bertz CT molecular complexity index is 1280. The molecule has 3 atom stereocenters. The molecule has 0 bridgehead atoms. The largest absolute Gasteiger partial charge is 0.472 e. The molecule has 0 aliphatic heterocycles. The molecule has 0 radical (unpaired) electrons. The molecule has 2 unspecified atom stereocenters. The third kappa shape index (κ3) is 41.1. The lowest BCUT2D eigenvalue weighted by molar-refractivity contribution is -0.161. The molecule has 0 aliphatic rings. The monoisotopic (exact) mass is 832 g/mol. The highest BCUT2D eigenvalue weighted by Gasteiger charge is 2.25. The van der Waals surface area contributed by atoms with E-state index in [0.717, 1.165) is 51.4 Å². The average Bonchev–Trinajstić information content (AvgIpc) is 3.21. The van der Waals surface area contributed by atoms with Gasteiger partial charge in [-0.15, -0.1) is 0 Å². The molecule has 0 saturated carbocycles. The number of allylic oxidation sites excluding steroid dienone is 14. The van der Waals surface area contributed by atoms with Gasteiger partial charge in [0.1, 0.15) is 6.61 Å². The van der Waals surface area contributed by atoms with Gasteiger partial charge in [0.15, 0.2) is 6.10 Å². The first-order valence-electron chi connectivity index (χ1n) is 21.8. The van der Waals surface area contributed by atoms with E-state index < -0.39 is 38.6 Å². The lowest BCUT2D eigenvalue weighted by atomic mass is 10.1. The second kappa shape index (κ2) is 42.0. The molecule has 10 nitrogen and oxygen atoms in total. The number of ether oxygens (including phenoxy) is 2. The Labute approximate surface area is 351 Å². The molecule has 0 aromatic heterocycles. The fourth-order valence-corrected chi connectivity index (χ4v) is 6.07. The Hall–Kier alpha value is -3.11. The lowest BCUT2D eigenvalue weighted by Crippen LogP contribution is -2.29. The summed E-state index contributed by atoms with van der Waals surface area (Å²) in [5.74, 6) is -0.975. The predicted molar refractivity (Wildman–Crippen MR) is 239 cm³/mol. The first kappa shape index (κ1) is 54.9. The highest BCUT2D eigenvalue weighted by atomic mass is 31.2. The molecule has 58 heavy (non-hydrogen) atoms. The van der Waals surface area contributed by atoms with Gasteiger partial charge in [0.05, 0.1) is 19.3 Å². The molecule has 4 N–H and O–H groups in total. The van der Waals surface area contributed by atoms with Crippen LogP contribution in [0.15, 0.2) is 97.2 Å². The van der Waals surface area contributed by atoms with Crippen LogP contribution in [0.2, 0.25) is 0 Å². The highest BCUT2D eigenvalue weighted by Crippen LogP contribution is 2.43. The number of carbonyl (C=O) groups is 2. The normalized spacial score (nSPS) is 14.8. The lowest BCUT2D eigenvalue weighted by Gasteiger charge is -2.19. The van der Waals surface area contributed by atoms with Crippen LogP contribution >= 0.6 is 7.82 Å². The van der Waals surface area contributed by atoms with Crippen molar-refractivity contribution in [3.8, 4) is 0 Å². The van der Waals surface area contributed by atoms with Gasteiger partial charge < -0.3 is 25.2 Å². The zero-order chi connectivity index (χ0) is 42.6. The SMILES string of the molecule is CC/C=C\C/C=C\CC(O)/C=C/C=C\C/C=C\C/C=C\CCC(=O)O[C@H](COC(=O)CCCCCCCCC/C=C\C/C=C\CCCCC)COP(=O)(O)OCCN. The number of esters is 2. The fourth-order valence-electron chi connectivity index (χ4n) is 5.30. The average molecular weight is 832 g/mol. The number of carbonyl (C=O) groups excluding carboxylic acids is 2. The van der Waals surface area contributed by atoms with Crippen molar-refractivity contribution in [1.29, 1.82) is 0 Å². The van der Waals surface area contributed by atoms with Crippen molar-refractivity contribution in [2.75, 3.05) is 26.4 Å². The smallest absolute Gasteiger partial charge is 0.462 e. The van der Waals surface area contributed by atoms with Gasteiger partial charge >= 0.3 is 19.8 Å². The molecule has 0 saturated heterocycles. The first-order chi connectivity index (χ1) is 28.2. The van der Waals surface area contributed by atoms with Crippen molar-refractivity contribution in [3.05, 3.63) is 97.2 Å². The van der Waals surface area contributed by atoms with Gasteiger partial charge in [-0.25, -0.2) is 4.57 Å². The topological polar surface area (TPSA) is 155 Å². The van der Waals surface area contributed by atoms with Crippen LogP contribution in [0, 0.1) is 0 Å². The zero-order valence-electron chi connectivity index (χ0n) is 35.8. The van der Waals surface area contributed by atoms with E-state index in [1.807, 2.05) is 48.6 Å². The molecule has 0 amide bonds. The summed E-state index contributed by atoms with van der Waals surface area (Å²) < 4.78 is 32.7. The van der Waals surface area contributed by atoms with E-state index in [0.29, 0.717) is 25.7 Å². The zero-order valence-corrected chi connectivity index (χ0v) is 36.7. The van der Waals surface area contributed by atoms with Crippen LogP contribution in [0.3, 0.4) is 0 Å². The number of phosphoric ester groups is 1. The molecule has 330 valence electrons. The summed E-state index contributed by atoms with van der Waals surface area (Å²) >= 11 is 0. The van der Waals surface area contributed by atoms with Crippen LogP contribution in [0.5, 0.6) is 0 Å². The van der Waals surface area contributed by atoms with Crippen molar-refractivity contribution in [2.45, 2.75) is 161 Å². The maximum atomic E-state index is 12.6. The number of aliphatic hydroxyl groups excluding tert-OH is 1. The van der Waals surface area contributed by atoms with E-state index in [2.05, 4.69) is 56.4 Å². The Balaban J connectivity index is 4.37. The van der Waals surface area contributed by atoms with E-state index in [1.165, 1.54) is 44.9 Å². The summed E-state index contributed by atoms with van der Waals surface area (Å²) in [5, 5.41) is 10.00. The molecular formula is C47H78NO9P. The van der Waals surface area contributed by atoms with Crippen LogP contribution in [-0.4, -0.2) is 60.5 Å². The fraction of sp³-hybridized carbons (Fsp3) is 0.617. The van der Waals surface area contributed by atoms with Gasteiger partial charge in [-0.1, -0.05) is 156 Å². The molecule has 0 aromatic carbocycles. The van der Waals surface area contributed by atoms with Crippen LogP contribution in [0.25, 0.3) is 0 Å². The molecule has 0 aliphatic carbocycles. The molecule has 0 spiro atoms. The highest BCUT2D eigenvalue weighted by molar-refractivity contribution is 7.47. The van der Waals surface area contributed by atoms with Crippen LogP contribution in [-0.2, 0) is 32.7 Å². The van der Waals surface area contributed by atoms with Crippen LogP contribution < -0.4 is 5.73 Å². The maximum Gasteiger partial charge on any atom is 0.472 e. The van der Waals surface area contributed by atoms with E-state index in [4.69, 9.17) is 24.3 Å². The Kier molecular flexibility index (Phi) is 39.8. The third-order valence-corrected chi connectivity index (χ3v) is 9.53. The van der Waals surface area contributed by atoms with Gasteiger partial charge in [0.25, 0.3) is 0 Å². The number of rotatable bonds is 39. The van der Waals surface area contributed by atoms with Crippen molar-refractivity contribution in [1.82, 2.24) is 0 Å². The summed E-state index contributed by atoms with van der Waals surface area (Å²) in [6.07, 6.45) is 50.5. The maximum absolute atomic E-state index is 12.6. The van der Waals surface area contributed by atoms with Gasteiger partial charge in [-0.3, -0.25) is 18.6 Å². The van der Waals surface area contributed by atoms with E-state index in [-0.39, 0.29) is 32.6 Å². The van der Waals surface area contributed by atoms with Crippen LogP contribution in [0.1, 0.15) is 149 Å². The van der Waals surface area contributed by atoms with Gasteiger partial charge in [-0.05, 0) is 77.0 Å². The summed E-state index contributed by atoms with van der Waals surface area (Å²) in [4.78, 5) is 34.9. The Morgan fingerprint density at radius 3 is 1.84 bits per heavy atom. The molecule has 0 rings (SSSR count). The number of nitrogens with two attached hydrogens (primary N) is 1. The summed E-state index contributed by atoms with van der Waals surface area (Å²) in [6.45, 7) is 3.39. The molecule has 11 heteroatoms. The summed E-state index contributed by atoms with van der Waals surface area (Å²) in [6, 6.07) is 0. The van der Waals surface area contributed by atoms with Gasteiger partial charge in [0, 0.05) is 19.4 Å². The predicted octanol–water partition coefficient (Wildman–Crippen LogP) is 11.6. The number of unbranched alkanes of at least 4 members (excludes halogenated alkanes) is 10. The quantitative estimate of drug-likeness (QED) is 0.0179. The van der Waals surface area contributed by atoms with E-state index in [1.54, 1.807) is 6.08 Å². The number of aliphatic hydroxyl groups is 1. The Morgan fingerprint density at radius 1 is 0.621 bits per heavy atom. The van der Waals surface area contributed by atoms with Gasteiger partial charge in [0.2, 0.25) is 0 Å². The third-order valence-electron chi connectivity index (χ3n) is 8.55. The molecule has 0 heterocycles. The van der Waals surface area contributed by atoms with E-state index >= 15 is 0 Å². The minimum absolute atomic E-state index is 0.0270. The number of hydrogen-bond acceptors (Lipinski definition) is 9.